The van der Waals surface area contributed by atoms with Crippen LogP contribution in [0.25, 0.3) is 0 Å². The van der Waals surface area contributed by atoms with Gasteiger partial charge in [0.2, 0.25) is 10.0 Å². The molecule has 0 aliphatic carbocycles. The van der Waals surface area contributed by atoms with E-state index >= 15 is 0 Å². The number of aromatic nitrogens is 2. The van der Waals surface area contributed by atoms with Crippen molar-refractivity contribution in [2.45, 2.75) is 49.7 Å². The van der Waals surface area contributed by atoms with Crippen molar-refractivity contribution < 1.29 is 17.2 Å². The molecule has 0 radical (unpaired) electrons. The van der Waals surface area contributed by atoms with Crippen LogP contribution < -0.4 is 10.0 Å². The zero-order chi connectivity index (χ0) is 14.8. The van der Waals surface area contributed by atoms with Crippen LogP contribution in [0.1, 0.15) is 19.8 Å². The lowest BCUT2D eigenvalue weighted by molar-refractivity contribution is 0.121. The Labute approximate surface area is 116 Å². The number of sulfonamides is 1. The van der Waals surface area contributed by atoms with E-state index in [0.29, 0.717) is 0 Å². The maximum absolute atomic E-state index is 12.2. The number of hydrogen-bond donors (Lipinski definition) is 2. The van der Waals surface area contributed by atoms with Gasteiger partial charge in [-0.05, 0) is 26.3 Å². The Morgan fingerprint density at radius 1 is 1.60 bits per heavy atom. The molecular formula is C11H18F2N4O2S. The highest BCUT2D eigenvalue weighted by Gasteiger charge is 2.27. The number of piperidine rings is 1. The molecule has 1 aliphatic rings. The van der Waals surface area contributed by atoms with Gasteiger partial charge >= 0.3 is 0 Å². The zero-order valence-corrected chi connectivity index (χ0v) is 11.9. The van der Waals surface area contributed by atoms with Gasteiger partial charge in [0, 0.05) is 18.3 Å². The summed E-state index contributed by atoms with van der Waals surface area (Å²) in [7, 11) is -3.73. The summed E-state index contributed by atoms with van der Waals surface area (Å²) in [6.45, 7) is 2.16. The predicted molar refractivity (Wildman–Crippen MR) is 69.0 cm³/mol. The van der Waals surface area contributed by atoms with Gasteiger partial charge in [-0.15, -0.1) is 0 Å². The van der Waals surface area contributed by atoms with Gasteiger partial charge in [0.1, 0.15) is 11.4 Å². The van der Waals surface area contributed by atoms with Crippen LogP contribution in [0, 0.1) is 0 Å². The van der Waals surface area contributed by atoms with Crippen LogP contribution in [-0.2, 0) is 16.6 Å². The van der Waals surface area contributed by atoms with Crippen LogP contribution in [0.5, 0.6) is 0 Å². The van der Waals surface area contributed by atoms with Crippen LogP contribution in [0.4, 0.5) is 8.78 Å². The van der Waals surface area contributed by atoms with Crippen molar-refractivity contribution >= 4 is 10.0 Å². The van der Waals surface area contributed by atoms with Crippen molar-refractivity contribution in [2.75, 3.05) is 6.54 Å². The number of rotatable bonds is 5. The molecular weight excluding hydrogens is 290 g/mol. The fourth-order valence-corrected chi connectivity index (χ4v) is 3.50. The third-order valence-electron chi connectivity index (χ3n) is 3.31. The van der Waals surface area contributed by atoms with E-state index in [0.717, 1.165) is 36.5 Å². The quantitative estimate of drug-likeness (QED) is 0.834. The molecule has 9 heteroatoms. The Bertz CT molecular complexity index is 546. The largest absolute Gasteiger partial charge is 0.313 e. The second-order valence-corrected chi connectivity index (χ2v) is 6.62. The van der Waals surface area contributed by atoms with Crippen LogP contribution >= 0.6 is 0 Å². The molecule has 1 fully saturated rings. The molecule has 1 saturated heterocycles. The van der Waals surface area contributed by atoms with Gasteiger partial charge in [-0.2, -0.15) is 5.10 Å². The number of halogens is 2. The van der Waals surface area contributed by atoms with Gasteiger partial charge < -0.3 is 5.32 Å². The fourth-order valence-electron chi connectivity index (χ4n) is 2.20. The van der Waals surface area contributed by atoms with E-state index in [-0.39, 0.29) is 17.0 Å². The van der Waals surface area contributed by atoms with Gasteiger partial charge in [0.15, 0.2) is 0 Å². The standard InChI is InChI=1S/C11H18F2N4O2S/c1-8-10(3-2-4-14-8)16-20(18,19)9-5-15-17(6-9)7-11(12)13/h5-6,8,10-11,14,16H,2-4,7H2,1H3. The first-order valence-corrected chi connectivity index (χ1v) is 7.93. The molecule has 6 nitrogen and oxygen atoms in total. The lowest BCUT2D eigenvalue weighted by Gasteiger charge is -2.30. The topological polar surface area (TPSA) is 76.0 Å². The smallest absolute Gasteiger partial charge is 0.257 e. The molecule has 2 N–H and O–H groups in total. The summed E-state index contributed by atoms with van der Waals surface area (Å²) in [6, 6.07) is -0.165. The van der Waals surface area contributed by atoms with E-state index < -0.39 is 23.0 Å². The Balaban J connectivity index is 2.07. The average Bonchev–Trinajstić information content (AvgIpc) is 2.80. The average molecular weight is 308 g/mol. The van der Waals surface area contributed by atoms with E-state index in [1.165, 1.54) is 0 Å². The second-order valence-electron chi connectivity index (χ2n) is 4.90. The number of nitrogens with zero attached hydrogens (tertiary/aromatic N) is 2. The molecule has 0 bridgehead atoms. The fraction of sp³-hybridized carbons (Fsp3) is 0.727. The molecule has 1 aliphatic heterocycles. The normalized spacial score (nSPS) is 24.2. The van der Waals surface area contributed by atoms with E-state index in [1.54, 1.807) is 0 Å². The van der Waals surface area contributed by atoms with Crippen molar-refractivity contribution in [3.8, 4) is 0 Å². The summed E-state index contributed by atoms with van der Waals surface area (Å²) in [5, 5.41) is 6.83. The minimum absolute atomic E-state index is 0.0367. The summed E-state index contributed by atoms with van der Waals surface area (Å²) in [6.07, 6.45) is 1.28. The molecule has 1 aromatic heterocycles. The first-order chi connectivity index (χ1) is 9.38. The minimum Gasteiger partial charge on any atom is -0.313 e. The van der Waals surface area contributed by atoms with Gasteiger partial charge in [-0.3, -0.25) is 4.68 Å². The van der Waals surface area contributed by atoms with Crippen LogP contribution in [0.3, 0.4) is 0 Å². The third-order valence-corrected chi connectivity index (χ3v) is 4.76. The SMILES string of the molecule is CC1NCCCC1NS(=O)(=O)c1cnn(CC(F)F)c1. The number of nitrogens with one attached hydrogen (secondary N) is 2. The van der Waals surface area contributed by atoms with Crippen molar-refractivity contribution in [1.29, 1.82) is 0 Å². The van der Waals surface area contributed by atoms with Crippen LogP contribution in [0.2, 0.25) is 0 Å². The molecule has 0 aromatic carbocycles. The van der Waals surface area contributed by atoms with Crippen molar-refractivity contribution in [2.24, 2.45) is 0 Å². The van der Waals surface area contributed by atoms with Crippen molar-refractivity contribution in [1.82, 2.24) is 19.8 Å². The number of alkyl halides is 2. The van der Waals surface area contributed by atoms with Crippen molar-refractivity contribution in [3.63, 3.8) is 0 Å². The van der Waals surface area contributed by atoms with Gasteiger partial charge in [-0.25, -0.2) is 21.9 Å². The van der Waals surface area contributed by atoms with Gasteiger partial charge in [-0.1, -0.05) is 0 Å². The summed E-state index contributed by atoms with van der Waals surface area (Å²) >= 11 is 0. The maximum Gasteiger partial charge on any atom is 0.257 e. The van der Waals surface area contributed by atoms with Crippen molar-refractivity contribution in [3.05, 3.63) is 12.4 Å². The second kappa shape index (κ2) is 6.15. The maximum atomic E-state index is 12.2. The predicted octanol–water partition coefficient (Wildman–Crippen LogP) is 0.567. The molecule has 20 heavy (non-hydrogen) atoms. The molecule has 0 spiro atoms. The minimum atomic E-state index is -3.73. The van der Waals surface area contributed by atoms with E-state index in [1.807, 2.05) is 6.92 Å². The first kappa shape index (κ1) is 15.3. The van der Waals surface area contributed by atoms with Gasteiger partial charge in [0.25, 0.3) is 6.43 Å². The van der Waals surface area contributed by atoms with E-state index in [9.17, 15) is 17.2 Å². The molecule has 2 atom stereocenters. The highest BCUT2D eigenvalue weighted by atomic mass is 32.2. The molecule has 0 amide bonds. The zero-order valence-electron chi connectivity index (χ0n) is 11.1. The third kappa shape index (κ3) is 3.74. The van der Waals surface area contributed by atoms with E-state index in [4.69, 9.17) is 0 Å². The van der Waals surface area contributed by atoms with Crippen LogP contribution in [-0.4, -0.2) is 43.3 Å². The number of hydrogen-bond acceptors (Lipinski definition) is 4. The molecule has 114 valence electrons. The molecule has 1 aromatic rings. The lowest BCUT2D eigenvalue weighted by Crippen LogP contribution is -2.51. The summed E-state index contributed by atoms with van der Waals surface area (Å²) in [4.78, 5) is -0.0871. The molecule has 0 saturated carbocycles. The first-order valence-electron chi connectivity index (χ1n) is 6.45. The monoisotopic (exact) mass is 308 g/mol. The Kier molecular flexibility index (Phi) is 4.71. The van der Waals surface area contributed by atoms with Gasteiger partial charge in [0.05, 0.1) is 6.20 Å². The summed E-state index contributed by atoms with van der Waals surface area (Å²) in [5.41, 5.74) is 0. The Morgan fingerprint density at radius 2 is 2.35 bits per heavy atom. The molecule has 2 heterocycles. The molecule has 2 unspecified atom stereocenters. The van der Waals surface area contributed by atoms with E-state index in [2.05, 4.69) is 15.1 Å². The molecule has 2 rings (SSSR count). The lowest BCUT2D eigenvalue weighted by atomic mass is 10.0. The van der Waals surface area contributed by atoms with Crippen LogP contribution in [0.15, 0.2) is 17.3 Å². The Hall–Kier alpha value is -1.06. The summed E-state index contributed by atoms with van der Waals surface area (Å²) < 4.78 is 52.3. The summed E-state index contributed by atoms with van der Waals surface area (Å²) in [5.74, 6) is 0. The Morgan fingerprint density at radius 3 is 3.00 bits per heavy atom. The highest BCUT2D eigenvalue weighted by molar-refractivity contribution is 7.89. The highest BCUT2D eigenvalue weighted by Crippen LogP contribution is 2.14.